The van der Waals surface area contributed by atoms with E-state index in [1.807, 2.05) is 0 Å². The third kappa shape index (κ3) is 2.98. The average molecular weight is 269 g/mol. The molecule has 1 fully saturated rings. The van der Waals surface area contributed by atoms with E-state index < -0.39 is 0 Å². The van der Waals surface area contributed by atoms with Crippen LogP contribution in [0.1, 0.15) is 57.4 Å². The van der Waals surface area contributed by atoms with E-state index in [9.17, 15) is 0 Å². The molecular weight excluding hydrogens is 242 g/mol. The lowest BCUT2D eigenvalue weighted by molar-refractivity contribution is 0.0927. The molecule has 1 aliphatic heterocycles. The smallest absolute Gasteiger partial charge is 0.0314 e. The molecule has 1 nitrogen and oxygen atoms in total. The predicted octanol–water partition coefficient (Wildman–Crippen LogP) is 4.93. The summed E-state index contributed by atoms with van der Waals surface area (Å²) in [6, 6.07) is 12.6. The second-order valence-electron chi connectivity index (χ2n) is 6.36. The number of likely N-dealkylation sites (tertiary alicyclic amines) is 1. The van der Waals surface area contributed by atoms with Gasteiger partial charge in [0.2, 0.25) is 0 Å². The van der Waals surface area contributed by atoms with Gasteiger partial charge in [-0.2, -0.15) is 0 Å². The molecule has 2 atom stereocenters. The minimum atomic E-state index is 0.731. The van der Waals surface area contributed by atoms with Crippen LogP contribution < -0.4 is 0 Å². The zero-order valence-electron chi connectivity index (χ0n) is 12.7. The summed E-state index contributed by atoms with van der Waals surface area (Å²) in [5.41, 5.74) is 3.21. The number of fused-ring (bicyclic) bond motifs is 1. The van der Waals surface area contributed by atoms with Crippen molar-refractivity contribution in [3.8, 4) is 0 Å². The molecule has 1 heterocycles. The molecule has 0 radical (unpaired) electrons. The Morgan fingerprint density at radius 2 is 2.00 bits per heavy atom. The van der Waals surface area contributed by atoms with E-state index in [-0.39, 0.29) is 0 Å². The molecule has 1 aromatic rings. The number of allylic oxidation sites excluding steroid dienone is 1. The van der Waals surface area contributed by atoms with Crippen LogP contribution in [-0.4, -0.2) is 17.0 Å². The second-order valence-corrected chi connectivity index (χ2v) is 6.36. The van der Waals surface area contributed by atoms with Gasteiger partial charge in [-0.15, -0.1) is 0 Å². The van der Waals surface area contributed by atoms with Crippen LogP contribution in [0, 0.1) is 0 Å². The largest absolute Gasteiger partial charge is 0.289 e. The summed E-state index contributed by atoms with van der Waals surface area (Å²) < 4.78 is 0. The Labute approximate surface area is 123 Å². The highest BCUT2D eigenvalue weighted by Gasteiger charge is 2.33. The van der Waals surface area contributed by atoms with Gasteiger partial charge in [0.1, 0.15) is 0 Å². The van der Waals surface area contributed by atoms with Gasteiger partial charge in [-0.1, -0.05) is 55.3 Å². The minimum Gasteiger partial charge on any atom is -0.289 e. The highest BCUT2D eigenvalue weighted by atomic mass is 15.2. The SMILES string of the molecule is CCC[C@H]1CCC2=CCCC[C@H]2N1Cc1ccccc1. The minimum absolute atomic E-state index is 0.731. The topological polar surface area (TPSA) is 3.24 Å². The third-order valence-corrected chi connectivity index (χ3v) is 4.98. The van der Waals surface area contributed by atoms with Crippen LogP contribution in [-0.2, 0) is 6.54 Å². The van der Waals surface area contributed by atoms with Crippen LogP contribution in [0.15, 0.2) is 42.0 Å². The molecule has 0 saturated carbocycles. The van der Waals surface area contributed by atoms with Crippen molar-refractivity contribution in [1.29, 1.82) is 0 Å². The van der Waals surface area contributed by atoms with E-state index in [4.69, 9.17) is 0 Å². The lowest BCUT2D eigenvalue weighted by Gasteiger charge is -2.45. The molecule has 0 aromatic heterocycles. The number of piperidine rings is 1. The molecular formula is C19H27N. The molecule has 0 unspecified atom stereocenters. The highest BCUT2D eigenvalue weighted by molar-refractivity contribution is 5.21. The van der Waals surface area contributed by atoms with Crippen molar-refractivity contribution in [3.63, 3.8) is 0 Å². The lowest BCUT2D eigenvalue weighted by atomic mass is 9.82. The van der Waals surface area contributed by atoms with Crippen LogP contribution in [0.5, 0.6) is 0 Å². The second kappa shape index (κ2) is 6.58. The van der Waals surface area contributed by atoms with Crippen molar-refractivity contribution < 1.29 is 0 Å². The molecule has 0 bridgehead atoms. The molecule has 20 heavy (non-hydrogen) atoms. The van der Waals surface area contributed by atoms with Gasteiger partial charge in [0.15, 0.2) is 0 Å². The summed E-state index contributed by atoms with van der Waals surface area (Å²) in [4.78, 5) is 2.81. The fourth-order valence-corrected chi connectivity index (χ4v) is 4.00. The summed E-state index contributed by atoms with van der Waals surface area (Å²) >= 11 is 0. The van der Waals surface area contributed by atoms with Crippen molar-refractivity contribution in [2.75, 3.05) is 0 Å². The number of hydrogen-bond donors (Lipinski definition) is 0. The van der Waals surface area contributed by atoms with E-state index in [0.717, 1.165) is 18.6 Å². The van der Waals surface area contributed by atoms with E-state index in [1.54, 1.807) is 5.57 Å². The number of nitrogens with zero attached hydrogens (tertiary/aromatic N) is 1. The van der Waals surface area contributed by atoms with E-state index in [1.165, 1.54) is 50.5 Å². The quantitative estimate of drug-likeness (QED) is 0.700. The van der Waals surface area contributed by atoms with Crippen molar-refractivity contribution in [3.05, 3.63) is 47.5 Å². The molecule has 0 amide bonds. The fourth-order valence-electron chi connectivity index (χ4n) is 4.00. The molecule has 2 aliphatic rings. The Hall–Kier alpha value is -1.08. The molecule has 1 aliphatic carbocycles. The van der Waals surface area contributed by atoms with E-state index in [0.29, 0.717) is 0 Å². The number of hydrogen-bond acceptors (Lipinski definition) is 1. The maximum absolute atomic E-state index is 2.81. The fraction of sp³-hybridized carbons (Fsp3) is 0.579. The van der Waals surface area contributed by atoms with Crippen LogP contribution in [0.3, 0.4) is 0 Å². The lowest BCUT2D eigenvalue weighted by Crippen LogP contribution is -2.47. The van der Waals surface area contributed by atoms with Gasteiger partial charge in [0.25, 0.3) is 0 Å². The number of rotatable bonds is 4. The van der Waals surface area contributed by atoms with Crippen molar-refractivity contribution in [2.24, 2.45) is 0 Å². The van der Waals surface area contributed by atoms with Crippen molar-refractivity contribution in [2.45, 2.75) is 70.5 Å². The van der Waals surface area contributed by atoms with E-state index >= 15 is 0 Å². The first-order chi connectivity index (χ1) is 9.88. The Balaban J connectivity index is 1.80. The number of benzene rings is 1. The molecule has 108 valence electrons. The monoisotopic (exact) mass is 269 g/mol. The molecule has 1 heteroatoms. The zero-order valence-corrected chi connectivity index (χ0v) is 12.7. The maximum Gasteiger partial charge on any atom is 0.0314 e. The maximum atomic E-state index is 2.81. The first kappa shape index (κ1) is 13.9. The Bertz CT molecular complexity index is 448. The van der Waals surface area contributed by atoms with Gasteiger partial charge in [0.05, 0.1) is 0 Å². The molecule has 3 rings (SSSR count). The third-order valence-electron chi connectivity index (χ3n) is 4.98. The Morgan fingerprint density at radius 3 is 2.80 bits per heavy atom. The summed E-state index contributed by atoms with van der Waals surface area (Å²) in [7, 11) is 0. The first-order valence-corrected chi connectivity index (χ1v) is 8.37. The first-order valence-electron chi connectivity index (χ1n) is 8.37. The van der Waals surface area contributed by atoms with Gasteiger partial charge >= 0.3 is 0 Å². The van der Waals surface area contributed by atoms with Crippen LogP contribution in [0.25, 0.3) is 0 Å². The van der Waals surface area contributed by atoms with Gasteiger partial charge in [-0.05, 0) is 44.1 Å². The average Bonchev–Trinajstić information content (AvgIpc) is 2.51. The summed E-state index contributed by atoms with van der Waals surface area (Å²) in [5, 5.41) is 0. The molecule has 1 saturated heterocycles. The summed E-state index contributed by atoms with van der Waals surface area (Å²) in [5.74, 6) is 0. The van der Waals surface area contributed by atoms with Crippen LogP contribution in [0.2, 0.25) is 0 Å². The van der Waals surface area contributed by atoms with Gasteiger partial charge < -0.3 is 0 Å². The van der Waals surface area contributed by atoms with Crippen molar-refractivity contribution in [1.82, 2.24) is 4.90 Å². The zero-order chi connectivity index (χ0) is 13.8. The van der Waals surface area contributed by atoms with Gasteiger partial charge in [-0.3, -0.25) is 4.90 Å². The van der Waals surface area contributed by atoms with Gasteiger partial charge in [0, 0.05) is 18.6 Å². The standard InChI is InChI=1S/C19H27N/c1-2-8-18-14-13-17-11-6-7-12-19(17)20(18)15-16-9-4-3-5-10-16/h3-5,9-11,18-19H,2,6-8,12-15H2,1H3/t18-,19+/m0/s1. The summed E-state index contributed by atoms with van der Waals surface area (Å²) in [6.45, 7) is 3.46. The van der Waals surface area contributed by atoms with Crippen LogP contribution >= 0.6 is 0 Å². The Morgan fingerprint density at radius 1 is 1.15 bits per heavy atom. The molecule has 1 aromatic carbocycles. The van der Waals surface area contributed by atoms with Gasteiger partial charge in [-0.25, -0.2) is 0 Å². The molecule has 0 spiro atoms. The predicted molar refractivity (Wildman–Crippen MR) is 85.6 cm³/mol. The normalized spacial score (nSPS) is 26.9. The van der Waals surface area contributed by atoms with Crippen LogP contribution in [0.4, 0.5) is 0 Å². The van der Waals surface area contributed by atoms with Crippen molar-refractivity contribution >= 4 is 0 Å². The summed E-state index contributed by atoms with van der Waals surface area (Å²) in [6.07, 6.45) is 12.0. The molecule has 0 N–H and O–H groups in total. The Kier molecular flexibility index (Phi) is 4.57. The van der Waals surface area contributed by atoms with E-state index in [2.05, 4.69) is 48.2 Å². The highest BCUT2D eigenvalue weighted by Crippen LogP contribution is 2.36.